The van der Waals surface area contributed by atoms with Crippen LogP contribution in [0.25, 0.3) is 0 Å². The van der Waals surface area contributed by atoms with E-state index in [1.165, 1.54) is 11.8 Å². The lowest BCUT2D eigenvalue weighted by Crippen LogP contribution is -2.10. The van der Waals surface area contributed by atoms with Crippen LogP contribution in [0.5, 0.6) is 0 Å². The van der Waals surface area contributed by atoms with Crippen LogP contribution in [0, 0.1) is 6.92 Å². The van der Waals surface area contributed by atoms with E-state index in [1.807, 2.05) is 6.92 Å². The molecule has 0 amide bonds. The molecule has 0 saturated carbocycles. The molecule has 2 heterocycles. The summed E-state index contributed by atoms with van der Waals surface area (Å²) < 4.78 is 0. The Labute approximate surface area is 109 Å². The number of nitrogen functional groups attached to an aromatic ring is 1. The van der Waals surface area contributed by atoms with Gasteiger partial charge in [0.25, 0.3) is 0 Å². The maximum Gasteiger partial charge on any atom is 0.214 e. The second-order valence-electron chi connectivity index (χ2n) is 3.71. The van der Waals surface area contributed by atoms with Crippen molar-refractivity contribution in [3.8, 4) is 0 Å². The number of nitrogens with one attached hydrogen (secondary N) is 2. The summed E-state index contributed by atoms with van der Waals surface area (Å²) in [7, 11) is 0. The Morgan fingerprint density at radius 1 is 1.39 bits per heavy atom. The highest BCUT2D eigenvalue weighted by Gasteiger charge is 2.08. The van der Waals surface area contributed by atoms with Gasteiger partial charge in [0.2, 0.25) is 5.16 Å². The molecule has 7 nitrogen and oxygen atoms in total. The molecule has 0 aliphatic heterocycles. The summed E-state index contributed by atoms with van der Waals surface area (Å²) in [6.07, 6.45) is 1.80. The minimum atomic E-state index is 0.600. The maximum absolute atomic E-state index is 5.39. The molecule has 0 atom stereocenters. The number of aromatic amines is 1. The van der Waals surface area contributed by atoms with Crippen molar-refractivity contribution in [1.82, 2.24) is 25.1 Å². The number of nitrogens with zero attached hydrogens (tertiary/aromatic N) is 4. The molecular formula is C10H15N7S. The van der Waals surface area contributed by atoms with E-state index < -0.39 is 0 Å². The molecule has 8 heteroatoms. The standard InChI is InChI=1S/C10H15N7S/c1-3-4-7-13-8(15-11)5-9(14-7)18-10-12-6(2)16-17-10/h5H,3-4,11H2,1-2H3,(H,12,16,17)(H,13,14,15). The molecule has 0 spiro atoms. The summed E-state index contributed by atoms with van der Waals surface area (Å²) in [5.74, 6) is 7.54. The highest BCUT2D eigenvalue weighted by Crippen LogP contribution is 2.24. The Morgan fingerprint density at radius 2 is 2.22 bits per heavy atom. The Hall–Kier alpha value is -1.67. The third-order valence-corrected chi connectivity index (χ3v) is 2.93. The summed E-state index contributed by atoms with van der Waals surface area (Å²) in [6, 6.07) is 1.77. The fourth-order valence-corrected chi connectivity index (χ4v) is 2.18. The molecular weight excluding hydrogens is 250 g/mol. The lowest BCUT2D eigenvalue weighted by Gasteiger charge is -2.05. The summed E-state index contributed by atoms with van der Waals surface area (Å²) in [4.78, 5) is 12.9. The number of aryl methyl sites for hydroxylation is 2. The molecule has 0 aromatic carbocycles. The van der Waals surface area contributed by atoms with Crippen molar-refractivity contribution < 1.29 is 0 Å². The maximum atomic E-state index is 5.39. The Bertz CT molecular complexity index is 525. The number of anilines is 1. The van der Waals surface area contributed by atoms with E-state index in [0.29, 0.717) is 11.0 Å². The lowest BCUT2D eigenvalue weighted by molar-refractivity contribution is 0.809. The van der Waals surface area contributed by atoms with Gasteiger partial charge in [-0.25, -0.2) is 20.8 Å². The normalized spacial score (nSPS) is 10.6. The van der Waals surface area contributed by atoms with Crippen LogP contribution in [0.15, 0.2) is 16.2 Å². The molecule has 0 aliphatic carbocycles. The molecule has 0 radical (unpaired) electrons. The van der Waals surface area contributed by atoms with Crippen LogP contribution in [0.3, 0.4) is 0 Å². The number of hydrazine groups is 1. The first-order valence-corrected chi connectivity index (χ1v) is 6.44. The fourth-order valence-electron chi connectivity index (χ4n) is 1.40. The summed E-state index contributed by atoms with van der Waals surface area (Å²) >= 11 is 1.38. The van der Waals surface area contributed by atoms with Gasteiger partial charge in [0.05, 0.1) is 0 Å². The number of aromatic nitrogens is 5. The predicted octanol–water partition coefficient (Wildman–Crippen LogP) is 1.29. The number of H-pyrrole nitrogens is 1. The van der Waals surface area contributed by atoms with Gasteiger partial charge in [-0.2, -0.15) is 0 Å². The van der Waals surface area contributed by atoms with E-state index in [2.05, 4.69) is 37.5 Å². The van der Waals surface area contributed by atoms with Crippen molar-refractivity contribution in [2.24, 2.45) is 5.84 Å². The van der Waals surface area contributed by atoms with Crippen molar-refractivity contribution in [1.29, 1.82) is 0 Å². The molecule has 2 aromatic heterocycles. The first-order valence-electron chi connectivity index (χ1n) is 5.62. The van der Waals surface area contributed by atoms with E-state index in [-0.39, 0.29) is 0 Å². The molecule has 0 aliphatic rings. The van der Waals surface area contributed by atoms with Crippen LogP contribution in [-0.2, 0) is 6.42 Å². The zero-order chi connectivity index (χ0) is 13.0. The summed E-state index contributed by atoms with van der Waals surface area (Å²) in [5.41, 5.74) is 2.54. The van der Waals surface area contributed by atoms with Crippen molar-refractivity contribution >= 4 is 17.6 Å². The van der Waals surface area contributed by atoms with Gasteiger partial charge in [-0.1, -0.05) is 6.92 Å². The summed E-state index contributed by atoms with van der Waals surface area (Å²) in [5, 5.41) is 8.26. The third-order valence-electron chi connectivity index (χ3n) is 2.14. The van der Waals surface area contributed by atoms with Gasteiger partial charge in [-0.05, 0) is 25.1 Å². The highest BCUT2D eigenvalue weighted by molar-refractivity contribution is 7.99. The molecule has 0 unspecified atom stereocenters. The highest BCUT2D eigenvalue weighted by atomic mass is 32.2. The van der Waals surface area contributed by atoms with Crippen LogP contribution in [0.2, 0.25) is 0 Å². The number of rotatable bonds is 5. The van der Waals surface area contributed by atoms with Crippen LogP contribution >= 0.6 is 11.8 Å². The largest absolute Gasteiger partial charge is 0.308 e. The second kappa shape index (κ2) is 5.78. The van der Waals surface area contributed by atoms with Crippen LogP contribution in [-0.4, -0.2) is 25.1 Å². The molecule has 18 heavy (non-hydrogen) atoms. The zero-order valence-electron chi connectivity index (χ0n) is 10.3. The average Bonchev–Trinajstić information content (AvgIpc) is 2.75. The monoisotopic (exact) mass is 265 g/mol. The van der Waals surface area contributed by atoms with E-state index in [9.17, 15) is 0 Å². The zero-order valence-corrected chi connectivity index (χ0v) is 11.1. The summed E-state index contributed by atoms with van der Waals surface area (Å²) in [6.45, 7) is 3.93. The van der Waals surface area contributed by atoms with Crippen molar-refractivity contribution in [2.45, 2.75) is 36.9 Å². The second-order valence-corrected chi connectivity index (χ2v) is 4.69. The Morgan fingerprint density at radius 3 is 2.83 bits per heavy atom. The van der Waals surface area contributed by atoms with E-state index in [1.54, 1.807) is 6.07 Å². The van der Waals surface area contributed by atoms with Gasteiger partial charge in [0, 0.05) is 12.5 Å². The van der Waals surface area contributed by atoms with Gasteiger partial charge < -0.3 is 5.43 Å². The quantitative estimate of drug-likeness (QED) is 0.425. The van der Waals surface area contributed by atoms with E-state index in [4.69, 9.17) is 5.84 Å². The molecule has 4 N–H and O–H groups in total. The van der Waals surface area contributed by atoms with Gasteiger partial charge >= 0.3 is 0 Å². The van der Waals surface area contributed by atoms with Gasteiger partial charge in [-0.15, -0.1) is 5.10 Å². The number of hydrogen-bond acceptors (Lipinski definition) is 7. The Balaban J connectivity index is 2.23. The molecule has 0 fully saturated rings. The molecule has 0 bridgehead atoms. The number of hydrogen-bond donors (Lipinski definition) is 3. The van der Waals surface area contributed by atoms with E-state index in [0.717, 1.165) is 29.5 Å². The van der Waals surface area contributed by atoms with Crippen molar-refractivity contribution in [3.63, 3.8) is 0 Å². The smallest absolute Gasteiger partial charge is 0.214 e. The van der Waals surface area contributed by atoms with Crippen molar-refractivity contribution in [2.75, 3.05) is 5.43 Å². The third kappa shape index (κ3) is 3.17. The lowest BCUT2D eigenvalue weighted by atomic mass is 10.3. The van der Waals surface area contributed by atoms with Crippen LogP contribution in [0.4, 0.5) is 5.82 Å². The Kier molecular flexibility index (Phi) is 4.11. The van der Waals surface area contributed by atoms with Gasteiger partial charge in [-0.3, -0.25) is 5.10 Å². The van der Waals surface area contributed by atoms with Crippen molar-refractivity contribution in [3.05, 3.63) is 17.7 Å². The van der Waals surface area contributed by atoms with Crippen LogP contribution in [0.1, 0.15) is 25.0 Å². The first kappa shape index (κ1) is 12.8. The first-order chi connectivity index (χ1) is 8.71. The molecule has 2 aromatic rings. The molecule has 0 saturated heterocycles. The van der Waals surface area contributed by atoms with Crippen LogP contribution < -0.4 is 11.3 Å². The topological polar surface area (TPSA) is 105 Å². The SMILES string of the molecule is CCCc1nc(NN)cc(Sc2n[nH]c(C)n2)n1. The fraction of sp³-hybridized carbons (Fsp3) is 0.400. The predicted molar refractivity (Wildman–Crippen MR) is 69.1 cm³/mol. The molecule has 2 rings (SSSR count). The van der Waals surface area contributed by atoms with Gasteiger partial charge in [0.15, 0.2) is 0 Å². The average molecular weight is 265 g/mol. The van der Waals surface area contributed by atoms with E-state index >= 15 is 0 Å². The minimum absolute atomic E-state index is 0.600. The molecule has 96 valence electrons. The van der Waals surface area contributed by atoms with Gasteiger partial charge in [0.1, 0.15) is 22.5 Å². The minimum Gasteiger partial charge on any atom is -0.308 e. The number of nitrogens with two attached hydrogens (primary N) is 1.